The predicted molar refractivity (Wildman–Crippen MR) is 108 cm³/mol. The molecule has 4 aromatic rings. The van der Waals surface area contributed by atoms with Crippen LogP contribution in [0.25, 0.3) is 5.78 Å². The van der Waals surface area contributed by atoms with Crippen molar-refractivity contribution in [2.75, 3.05) is 16.8 Å². The number of fused-ring (bicyclic) bond motifs is 2. The van der Waals surface area contributed by atoms with Crippen molar-refractivity contribution in [1.29, 1.82) is 0 Å². The lowest BCUT2D eigenvalue weighted by Crippen LogP contribution is -2.30. The molecule has 0 saturated carbocycles. The maximum absolute atomic E-state index is 4.70. The number of hydrogen-bond acceptors (Lipinski definition) is 6. The van der Waals surface area contributed by atoms with Gasteiger partial charge in [0.2, 0.25) is 0 Å². The molecule has 1 aliphatic heterocycles. The van der Waals surface area contributed by atoms with Gasteiger partial charge in [-0.25, -0.2) is 9.97 Å². The highest BCUT2D eigenvalue weighted by molar-refractivity contribution is 5.47. The summed E-state index contributed by atoms with van der Waals surface area (Å²) in [5.41, 5.74) is 4.86. The van der Waals surface area contributed by atoms with E-state index in [1.54, 1.807) is 4.52 Å². The smallest absolute Gasteiger partial charge is 0.254 e. The van der Waals surface area contributed by atoms with Gasteiger partial charge in [-0.05, 0) is 36.1 Å². The van der Waals surface area contributed by atoms with E-state index < -0.39 is 0 Å². The number of nitrogens with zero attached hydrogens (tertiary/aromatic N) is 6. The van der Waals surface area contributed by atoms with Crippen LogP contribution in [-0.2, 0) is 19.5 Å². The fourth-order valence-corrected chi connectivity index (χ4v) is 3.65. The van der Waals surface area contributed by atoms with Gasteiger partial charge in [0, 0.05) is 37.6 Å². The van der Waals surface area contributed by atoms with Gasteiger partial charge >= 0.3 is 0 Å². The average Bonchev–Trinajstić information content (AvgIpc) is 3.20. The summed E-state index contributed by atoms with van der Waals surface area (Å²) in [5.74, 6) is 2.50. The zero-order chi connectivity index (χ0) is 18.9. The third kappa shape index (κ3) is 3.15. The summed E-state index contributed by atoms with van der Waals surface area (Å²) in [7, 11) is 0. The number of hydrogen-bond donors (Lipinski definition) is 1. The van der Waals surface area contributed by atoms with Crippen molar-refractivity contribution in [2.24, 2.45) is 0 Å². The van der Waals surface area contributed by atoms with Gasteiger partial charge in [-0.15, -0.1) is 0 Å². The Morgan fingerprint density at radius 3 is 2.82 bits per heavy atom. The van der Waals surface area contributed by atoms with Crippen LogP contribution >= 0.6 is 0 Å². The summed E-state index contributed by atoms with van der Waals surface area (Å²) in [6.45, 7) is 4.53. The number of anilines is 2. The Kier molecular flexibility index (Phi) is 4.12. The zero-order valence-electron chi connectivity index (χ0n) is 15.7. The van der Waals surface area contributed by atoms with Gasteiger partial charge in [0.25, 0.3) is 5.78 Å². The molecule has 1 aliphatic rings. The summed E-state index contributed by atoms with van der Waals surface area (Å²) in [4.78, 5) is 15.6. The first-order valence-electron chi connectivity index (χ1n) is 9.44. The lowest BCUT2D eigenvalue weighted by molar-refractivity contribution is 0.720. The van der Waals surface area contributed by atoms with E-state index in [2.05, 4.69) is 61.7 Å². The van der Waals surface area contributed by atoms with Crippen LogP contribution in [0.4, 0.5) is 11.6 Å². The number of aryl methyl sites for hydroxylation is 1. The lowest BCUT2D eigenvalue weighted by atomic mass is 10.00. The molecular weight excluding hydrogens is 350 g/mol. The van der Waals surface area contributed by atoms with Crippen LogP contribution in [0.15, 0.2) is 55.0 Å². The highest BCUT2D eigenvalue weighted by atomic mass is 15.3. The second-order valence-electron chi connectivity index (χ2n) is 7.07. The molecule has 4 heterocycles. The third-order valence-electron chi connectivity index (χ3n) is 5.12. The summed E-state index contributed by atoms with van der Waals surface area (Å²) in [6, 6.07) is 14.9. The molecule has 140 valence electrons. The second kappa shape index (κ2) is 6.92. The van der Waals surface area contributed by atoms with Crippen molar-refractivity contribution in [1.82, 2.24) is 24.6 Å². The number of aromatic nitrogens is 5. The Labute approximate surface area is 163 Å². The highest BCUT2D eigenvalue weighted by Crippen LogP contribution is 2.23. The topological polar surface area (TPSA) is 71.2 Å². The van der Waals surface area contributed by atoms with E-state index in [-0.39, 0.29) is 0 Å². The van der Waals surface area contributed by atoms with E-state index in [0.717, 1.165) is 42.4 Å². The maximum atomic E-state index is 4.70. The first-order chi connectivity index (χ1) is 13.8. The SMILES string of the molecule is Cc1cc(NCc2ccc(N3CCc4ccccc4C3)nc2)n2ncnc2n1. The van der Waals surface area contributed by atoms with Crippen LogP contribution in [0.1, 0.15) is 22.4 Å². The Bertz CT molecular complexity index is 1120. The Hall–Kier alpha value is -3.48. The van der Waals surface area contributed by atoms with Crippen LogP contribution < -0.4 is 10.2 Å². The monoisotopic (exact) mass is 371 g/mol. The van der Waals surface area contributed by atoms with Crippen molar-refractivity contribution in [2.45, 2.75) is 26.4 Å². The minimum Gasteiger partial charge on any atom is -0.366 e. The highest BCUT2D eigenvalue weighted by Gasteiger charge is 2.16. The van der Waals surface area contributed by atoms with E-state index in [0.29, 0.717) is 12.3 Å². The maximum Gasteiger partial charge on any atom is 0.254 e. The molecule has 0 unspecified atom stereocenters. The lowest BCUT2D eigenvalue weighted by Gasteiger charge is -2.29. The molecule has 0 amide bonds. The average molecular weight is 371 g/mol. The van der Waals surface area contributed by atoms with Crippen molar-refractivity contribution < 1.29 is 0 Å². The van der Waals surface area contributed by atoms with E-state index in [9.17, 15) is 0 Å². The Morgan fingerprint density at radius 1 is 1.07 bits per heavy atom. The summed E-state index contributed by atoms with van der Waals surface area (Å²) < 4.78 is 1.71. The molecule has 5 rings (SSSR count). The number of benzene rings is 1. The number of rotatable bonds is 4. The quantitative estimate of drug-likeness (QED) is 0.595. The van der Waals surface area contributed by atoms with E-state index >= 15 is 0 Å². The molecule has 0 fully saturated rings. The molecule has 0 bridgehead atoms. The fraction of sp³-hybridized carbons (Fsp3) is 0.238. The van der Waals surface area contributed by atoms with Gasteiger partial charge in [-0.1, -0.05) is 30.3 Å². The van der Waals surface area contributed by atoms with Crippen molar-refractivity contribution in [3.63, 3.8) is 0 Å². The molecule has 0 spiro atoms. The van der Waals surface area contributed by atoms with Crippen LogP contribution in [0, 0.1) is 6.92 Å². The fourth-order valence-electron chi connectivity index (χ4n) is 3.65. The van der Waals surface area contributed by atoms with Crippen LogP contribution in [0.3, 0.4) is 0 Å². The van der Waals surface area contributed by atoms with Crippen LogP contribution in [-0.4, -0.2) is 31.1 Å². The predicted octanol–water partition coefficient (Wildman–Crippen LogP) is 3.00. The molecule has 1 N–H and O–H groups in total. The van der Waals surface area contributed by atoms with Gasteiger partial charge in [-0.3, -0.25) is 0 Å². The van der Waals surface area contributed by atoms with E-state index in [4.69, 9.17) is 4.98 Å². The molecule has 0 saturated heterocycles. The minimum atomic E-state index is 0.598. The zero-order valence-corrected chi connectivity index (χ0v) is 15.7. The number of pyridine rings is 1. The van der Waals surface area contributed by atoms with Gasteiger partial charge in [0.1, 0.15) is 18.0 Å². The molecule has 28 heavy (non-hydrogen) atoms. The summed E-state index contributed by atoms with van der Waals surface area (Å²) in [6.07, 6.45) is 4.52. The number of nitrogens with one attached hydrogen (secondary N) is 1. The largest absolute Gasteiger partial charge is 0.366 e. The molecule has 3 aromatic heterocycles. The van der Waals surface area contributed by atoms with Gasteiger partial charge < -0.3 is 10.2 Å². The van der Waals surface area contributed by atoms with Crippen molar-refractivity contribution >= 4 is 17.4 Å². The second-order valence-corrected chi connectivity index (χ2v) is 7.07. The molecule has 0 aliphatic carbocycles. The van der Waals surface area contributed by atoms with Crippen molar-refractivity contribution in [3.05, 3.63) is 77.4 Å². The van der Waals surface area contributed by atoms with Gasteiger partial charge in [-0.2, -0.15) is 14.6 Å². The van der Waals surface area contributed by atoms with Crippen molar-refractivity contribution in [3.8, 4) is 0 Å². The van der Waals surface area contributed by atoms with Crippen LogP contribution in [0.2, 0.25) is 0 Å². The Balaban J connectivity index is 1.29. The Morgan fingerprint density at radius 2 is 1.96 bits per heavy atom. The minimum absolute atomic E-state index is 0.598. The normalized spacial score (nSPS) is 13.5. The first-order valence-corrected chi connectivity index (χ1v) is 9.44. The molecule has 7 heteroatoms. The van der Waals surface area contributed by atoms with E-state index in [1.165, 1.54) is 17.5 Å². The molecular formula is C21H21N7. The first kappa shape index (κ1) is 16.7. The standard InChI is InChI=1S/C21H21N7/c1-15-10-20(28-21(26-15)24-14-25-28)23-12-16-6-7-19(22-11-16)27-9-8-17-4-2-3-5-18(17)13-27/h2-7,10-11,14,23H,8-9,12-13H2,1H3. The molecule has 0 radical (unpaired) electrons. The van der Waals surface area contributed by atoms with Gasteiger partial charge in [0.05, 0.1) is 0 Å². The molecule has 1 aromatic carbocycles. The van der Waals surface area contributed by atoms with Gasteiger partial charge in [0.15, 0.2) is 0 Å². The summed E-state index contributed by atoms with van der Waals surface area (Å²) >= 11 is 0. The van der Waals surface area contributed by atoms with Crippen LogP contribution in [0.5, 0.6) is 0 Å². The molecule has 7 nitrogen and oxygen atoms in total. The summed E-state index contributed by atoms with van der Waals surface area (Å²) in [5, 5.41) is 7.63. The van der Waals surface area contributed by atoms with E-state index in [1.807, 2.05) is 19.2 Å². The molecule has 0 atom stereocenters. The third-order valence-corrected chi connectivity index (χ3v) is 5.12.